The molecule has 0 unspecified atom stereocenters. The first-order chi connectivity index (χ1) is 8.42. The maximum absolute atomic E-state index is 11.6. The van der Waals surface area contributed by atoms with Gasteiger partial charge in [-0.15, -0.1) is 0 Å². The Hall–Kier alpha value is -2.24. The predicted molar refractivity (Wildman–Crippen MR) is 65.8 cm³/mol. The molecule has 1 rings (SSSR count). The topological polar surface area (TPSA) is 102 Å². The highest BCUT2D eigenvalue weighted by Crippen LogP contribution is 2.23. The number of aromatic hydroxyl groups is 1. The van der Waals surface area contributed by atoms with E-state index in [4.69, 9.17) is 5.73 Å². The summed E-state index contributed by atoms with van der Waals surface area (Å²) in [5, 5.41) is 11.9. The summed E-state index contributed by atoms with van der Waals surface area (Å²) >= 11 is 0. The number of benzene rings is 1. The van der Waals surface area contributed by atoms with Crippen molar-refractivity contribution in [3.8, 4) is 5.75 Å². The number of nitrogens with two attached hydrogens (primary N) is 1. The smallest absolute Gasteiger partial charge is 0.331 e. The number of hydrogen-bond acceptors (Lipinski definition) is 5. The van der Waals surface area contributed by atoms with Crippen LogP contribution in [0.5, 0.6) is 5.75 Å². The second-order valence-corrected chi connectivity index (χ2v) is 4.16. The number of nitrogen functional groups attached to an aromatic ring is 1. The summed E-state index contributed by atoms with van der Waals surface area (Å²) in [6.45, 7) is 1.54. The van der Waals surface area contributed by atoms with Crippen LogP contribution >= 0.6 is 0 Å². The first-order valence-corrected chi connectivity index (χ1v) is 5.30. The van der Waals surface area contributed by atoms with Crippen LogP contribution < -0.4 is 11.1 Å². The molecular formula is C12H16N2O4. The van der Waals surface area contributed by atoms with Gasteiger partial charge in [-0.05, 0) is 24.6 Å². The highest BCUT2D eigenvalue weighted by atomic mass is 16.5. The minimum Gasteiger partial charge on any atom is -0.506 e. The summed E-state index contributed by atoms with van der Waals surface area (Å²) in [5.41, 5.74) is 5.21. The molecular weight excluding hydrogens is 236 g/mol. The molecule has 0 spiro atoms. The third kappa shape index (κ3) is 2.91. The Morgan fingerprint density at radius 2 is 2.28 bits per heavy atom. The average molecular weight is 252 g/mol. The summed E-state index contributed by atoms with van der Waals surface area (Å²) in [5.74, 6) is -0.628. The number of ether oxygens (including phenoxy) is 1. The van der Waals surface area contributed by atoms with E-state index in [0.29, 0.717) is 12.0 Å². The molecule has 0 aliphatic rings. The molecule has 6 nitrogen and oxygen atoms in total. The van der Waals surface area contributed by atoms with Crippen LogP contribution in [-0.2, 0) is 20.7 Å². The SMILES string of the molecule is COC(=O)[C@](C)(Cc1ccc(N)c(O)c1)NC=O. The first-order valence-electron chi connectivity index (χ1n) is 5.30. The lowest BCUT2D eigenvalue weighted by Crippen LogP contribution is -2.51. The number of hydrogen-bond donors (Lipinski definition) is 3. The molecule has 0 bridgehead atoms. The van der Waals surface area contributed by atoms with Crippen LogP contribution in [0.15, 0.2) is 18.2 Å². The predicted octanol–water partition coefficient (Wildman–Crippen LogP) is 0.195. The summed E-state index contributed by atoms with van der Waals surface area (Å²) in [6, 6.07) is 4.65. The van der Waals surface area contributed by atoms with Gasteiger partial charge in [-0.25, -0.2) is 4.79 Å². The lowest BCUT2D eigenvalue weighted by Gasteiger charge is -2.26. The van der Waals surface area contributed by atoms with E-state index >= 15 is 0 Å². The molecule has 0 aromatic heterocycles. The van der Waals surface area contributed by atoms with Crippen LogP contribution in [0.3, 0.4) is 0 Å². The highest BCUT2D eigenvalue weighted by Gasteiger charge is 2.34. The lowest BCUT2D eigenvalue weighted by atomic mass is 9.92. The number of esters is 1. The quantitative estimate of drug-likeness (QED) is 0.300. The maximum Gasteiger partial charge on any atom is 0.331 e. The number of nitrogens with one attached hydrogen (secondary N) is 1. The van der Waals surface area contributed by atoms with Gasteiger partial charge in [-0.1, -0.05) is 6.07 Å². The van der Waals surface area contributed by atoms with Crippen LogP contribution in [-0.4, -0.2) is 30.1 Å². The number of carbonyl (C=O) groups excluding carboxylic acids is 2. The molecule has 98 valence electrons. The third-order valence-electron chi connectivity index (χ3n) is 2.67. The molecule has 0 aliphatic carbocycles. The minimum atomic E-state index is -1.18. The Bertz CT molecular complexity index is 461. The van der Waals surface area contributed by atoms with Gasteiger partial charge in [0, 0.05) is 6.42 Å². The summed E-state index contributed by atoms with van der Waals surface area (Å²) < 4.78 is 4.65. The zero-order valence-corrected chi connectivity index (χ0v) is 10.3. The Kier molecular flexibility index (Phi) is 4.14. The molecule has 0 radical (unpaired) electrons. The monoisotopic (exact) mass is 252 g/mol. The average Bonchev–Trinajstić information content (AvgIpc) is 2.33. The number of phenols is 1. The van der Waals surface area contributed by atoms with Crippen LogP contribution in [0.25, 0.3) is 0 Å². The maximum atomic E-state index is 11.6. The standard InChI is InChI=1S/C12H16N2O4/c1-12(14-7-15,11(17)18-2)6-8-3-4-9(13)10(16)5-8/h3-5,7,16H,6,13H2,1-2H3,(H,14,15)/t12-/m0/s1. The normalized spacial score (nSPS) is 13.4. The molecule has 4 N–H and O–H groups in total. The molecule has 6 heteroatoms. The van der Waals surface area contributed by atoms with Gasteiger partial charge >= 0.3 is 5.97 Å². The van der Waals surface area contributed by atoms with E-state index in [1.165, 1.54) is 19.2 Å². The highest BCUT2D eigenvalue weighted by molar-refractivity contribution is 5.83. The fraction of sp³-hybridized carbons (Fsp3) is 0.333. The van der Waals surface area contributed by atoms with E-state index in [0.717, 1.165) is 0 Å². The Balaban J connectivity index is 2.99. The molecule has 0 saturated carbocycles. The molecule has 1 amide bonds. The summed E-state index contributed by atoms with van der Waals surface area (Å²) in [4.78, 5) is 22.2. The minimum absolute atomic E-state index is 0.0641. The van der Waals surface area contributed by atoms with Crippen molar-refractivity contribution < 1.29 is 19.4 Å². The summed E-state index contributed by atoms with van der Waals surface area (Å²) in [7, 11) is 1.24. The van der Waals surface area contributed by atoms with Gasteiger partial charge in [-0.2, -0.15) is 0 Å². The zero-order valence-electron chi connectivity index (χ0n) is 10.3. The second kappa shape index (κ2) is 5.39. The lowest BCUT2D eigenvalue weighted by molar-refractivity contribution is -0.148. The molecule has 1 atom stereocenters. The van der Waals surface area contributed by atoms with Crippen molar-refractivity contribution in [2.75, 3.05) is 12.8 Å². The van der Waals surface area contributed by atoms with Gasteiger partial charge in [0.1, 0.15) is 11.3 Å². The number of phenolic OH excluding ortho intramolecular Hbond substituents is 1. The molecule has 1 aromatic carbocycles. The molecule has 0 fully saturated rings. The van der Waals surface area contributed by atoms with Crippen LogP contribution in [0, 0.1) is 0 Å². The van der Waals surface area contributed by atoms with Crippen molar-refractivity contribution in [3.05, 3.63) is 23.8 Å². The van der Waals surface area contributed by atoms with Crippen molar-refractivity contribution in [3.63, 3.8) is 0 Å². The zero-order chi connectivity index (χ0) is 13.8. The molecule has 0 saturated heterocycles. The van der Waals surface area contributed by atoms with E-state index in [1.54, 1.807) is 13.0 Å². The van der Waals surface area contributed by atoms with E-state index in [2.05, 4.69) is 10.1 Å². The van der Waals surface area contributed by atoms with Gasteiger partial charge in [0.05, 0.1) is 12.8 Å². The third-order valence-corrected chi connectivity index (χ3v) is 2.67. The second-order valence-electron chi connectivity index (χ2n) is 4.16. The van der Waals surface area contributed by atoms with Crippen LogP contribution in [0.1, 0.15) is 12.5 Å². The van der Waals surface area contributed by atoms with Crippen molar-refractivity contribution in [1.29, 1.82) is 0 Å². The van der Waals surface area contributed by atoms with E-state index in [9.17, 15) is 14.7 Å². The fourth-order valence-corrected chi connectivity index (χ4v) is 1.64. The molecule has 18 heavy (non-hydrogen) atoms. The van der Waals surface area contributed by atoms with E-state index in [-0.39, 0.29) is 17.9 Å². The van der Waals surface area contributed by atoms with E-state index in [1.807, 2.05) is 0 Å². The number of anilines is 1. The Morgan fingerprint density at radius 3 is 2.78 bits per heavy atom. The van der Waals surface area contributed by atoms with Crippen molar-refractivity contribution in [2.45, 2.75) is 18.9 Å². The largest absolute Gasteiger partial charge is 0.506 e. The van der Waals surface area contributed by atoms with Gasteiger partial charge in [0.25, 0.3) is 0 Å². The van der Waals surface area contributed by atoms with Gasteiger partial charge < -0.3 is 20.9 Å². The van der Waals surface area contributed by atoms with Crippen LogP contribution in [0.2, 0.25) is 0 Å². The van der Waals surface area contributed by atoms with Crippen molar-refractivity contribution in [1.82, 2.24) is 5.32 Å². The van der Waals surface area contributed by atoms with Gasteiger partial charge in [0.2, 0.25) is 6.41 Å². The van der Waals surface area contributed by atoms with Crippen molar-refractivity contribution in [2.24, 2.45) is 0 Å². The number of rotatable bonds is 5. The number of carbonyl (C=O) groups is 2. The van der Waals surface area contributed by atoms with E-state index < -0.39 is 11.5 Å². The Labute approximate surface area is 105 Å². The molecule has 0 heterocycles. The fourth-order valence-electron chi connectivity index (χ4n) is 1.64. The van der Waals surface area contributed by atoms with Crippen LogP contribution in [0.4, 0.5) is 5.69 Å². The Morgan fingerprint density at radius 1 is 1.61 bits per heavy atom. The van der Waals surface area contributed by atoms with Gasteiger partial charge in [0.15, 0.2) is 0 Å². The first kappa shape index (κ1) is 13.8. The molecule has 1 aromatic rings. The molecule has 0 aliphatic heterocycles. The van der Waals surface area contributed by atoms with Crippen molar-refractivity contribution >= 4 is 18.1 Å². The number of methoxy groups -OCH3 is 1. The van der Waals surface area contributed by atoms with Gasteiger partial charge in [-0.3, -0.25) is 4.79 Å². The number of amides is 1. The summed E-state index contributed by atoms with van der Waals surface area (Å²) in [6.07, 6.45) is 0.625.